The normalized spacial score (nSPS) is 11.4. The molecule has 0 spiro atoms. The van der Waals surface area contributed by atoms with Crippen molar-refractivity contribution >= 4 is 28.1 Å². The third-order valence-electron chi connectivity index (χ3n) is 4.82. The third-order valence-corrected chi connectivity index (χ3v) is 5.73. The summed E-state index contributed by atoms with van der Waals surface area (Å²) in [4.78, 5) is 14.9. The molecule has 0 saturated carbocycles. The number of pyridine rings is 2. The fraction of sp³-hybridized carbons (Fsp3) is 0.364. The molecule has 4 aromatic rings. The third kappa shape index (κ3) is 3.87. The summed E-state index contributed by atoms with van der Waals surface area (Å²) in [5, 5.41) is 10.5. The average molecular weight is 423 g/mol. The van der Waals surface area contributed by atoms with E-state index in [4.69, 9.17) is 14.8 Å². The van der Waals surface area contributed by atoms with Crippen LogP contribution < -0.4 is 10.1 Å². The van der Waals surface area contributed by atoms with Crippen LogP contribution in [-0.2, 0) is 13.6 Å². The molecule has 0 bridgehead atoms. The minimum absolute atomic E-state index is 0.282. The Hall–Kier alpha value is -3.00. The molecule has 4 aromatic heterocycles. The van der Waals surface area contributed by atoms with Crippen molar-refractivity contribution in [1.29, 1.82) is 0 Å². The van der Waals surface area contributed by atoms with Crippen LogP contribution in [0.2, 0.25) is 0 Å². The molecule has 1 N–H and O–H groups in total. The van der Waals surface area contributed by atoms with Gasteiger partial charge in [0.1, 0.15) is 0 Å². The summed E-state index contributed by atoms with van der Waals surface area (Å²) in [6, 6.07) is 5.96. The number of anilines is 1. The fourth-order valence-corrected chi connectivity index (χ4v) is 4.20. The molecule has 4 rings (SSSR count). The zero-order chi connectivity index (χ0) is 21.3. The molecule has 0 radical (unpaired) electrons. The molecule has 0 fully saturated rings. The van der Waals surface area contributed by atoms with E-state index >= 15 is 0 Å². The van der Waals surface area contributed by atoms with Gasteiger partial charge < -0.3 is 10.1 Å². The van der Waals surface area contributed by atoms with Crippen molar-refractivity contribution in [2.24, 2.45) is 7.05 Å². The van der Waals surface area contributed by atoms with Gasteiger partial charge in [0.25, 0.3) is 0 Å². The number of fused-ring (bicyclic) bond motifs is 1. The van der Waals surface area contributed by atoms with Crippen molar-refractivity contribution in [1.82, 2.24) is 24.7 Å². The lowest BCUT2D eigenvalue weighted by Crippen LogP contribution is -2.02. The van der Waals surface area contributed by atoms with Crippen LogP contribution in [0.15, 0.2) is 30.6 Å². The van der Waals surface area contributed by atoms with E-state index in [0.29, 0.717) is 19.0 Å². The van der Waals surface area contributed by atoms with E-state index in [1.807, 2.05) is 43.9 Å². The van der Waals surface area contributed by atoms with Gasteiger partial charge in [-0.25, -0.2) is 15.0 Å². The number of nitrogens with one attached hydrogen (secondary N) is 1. The largest absolute Gasteiger partial charge is 0.477 e. The first-order valence-corrected chi connectivity index (χ1v) is 10.9. The highest BCUT2D eigenvalue weighted by molar-refractivity contribution is 7.11. The number of ether oxygens (including phenoxy) is 1. The monoisotopic (exact) mass is 422 g/mol. The predicted molar refractivity (Wildman–Crippen MR) is 121 cm³/mol. The van der Waals surface area contributed by atoms with E-state index in [0.717, 1.165) is 38.7 Å². The molecular formula is C22H26N6OS. The molecule has 0 aliphatic carbocycles. The van der Waals surface area contributed by atoms with Gasteiger partial charge in [-0.2, -0.15) is 5.10 Å². The van der Waals surface area contributed by atoms with Gasteiger partial charge in [0.15, 0.2) is 5.65 Å². The van der Waals surface area contributed by atoms with Crippen molar-refractivity contribution in [3.63, 3.8) is 0 Å². The number of aromatic nitrogens is 5. The second kappa shape index (κ2) is 8.39. The Morgan fingerprint density at radius 2 is 2.10 bits per heavy atom. The predicted octanol–water partition coefficient (Wildman–Crippen LogP) is 4.93. The standard InChI is InChI=1S/C22H26N6OS/c1-6-29-22-16(8-7-9-23-22)17-10-18(25-12-15-11-24-14(4)30-15)19-20(13(2)3)27-28(5)21(19)26-17/h7-11,13H,6,12H2,1-5H3,(H,25,26). The van der Waals surface area contributed by atoms with Crippen molar-refractivity contribution in [2.75, 3.05) is 11.9 Å². The second-order valence-electron chi connectivity index (χ2n) is 7.41. The highest BCUT2D eigenvalue weighted by Crippen LogP contribution is 2.36. The second-order valence-corrected chi connectivity index (χ2v) is 8.72. The summed E-state index contributed by atoms with van der Waals surface area (Å²) in [5.41, 5.74) is 4.55. The molecule has 156 valence electrons. The molecule has 0 saturated heterocycles. The average Bonchev–Trinajstić information content (AvgIpc) is 3.30. The Balaban J connectivity index is 1.86. The van der Waals surface area contributed by atoms with Gasteiger partial charge in [-0.15, -0.1) is 11.3 Å². The van der Waals surface area contributed by atoms with Gasteiger partial charge in [0.2, 0.25) is 5.88 Å². The van der Waals surface area contributed by atoms with Crippen LogP contribution in [0, 0.1) is 6.92 Å². The number of rotatable bonds is 7. The summed E-state index contributed by atoms with van der Waals surface area (Å²) in [6.07, 6.45) is 3.66. The van der Waals surface area contributed by atoms with Gasteiger partial charge in [-0.3, -0.25) is 4.68 Å². The van der Waals surface area contributed by atoms with E-state index in [-0.39, 0.29) is 5.92 Å². The number of hydrogen-bond acceptors (Lipinski definition) is 7. The lowest BCUT2D eigenvalue weighted by molar-refractivity contribution is 0.328. The van der Waals surface area contributed by atoms with E-state index in [2.05, 4.69) is 35.2 Å². The number of hydrogen-bond donors (Lipinski definition) is 1. The minimum Gasteiger partial charge on any atom is -0.477 e. The highest BCUT2D eigenvalue weighted by atomic mass is 32.1. The van der Waals surface area contributed by atoms with Crippen LogP contribution in [0.25, 0.3) is 22.3 Å². The molecule has 0 unspecified atom stereocenters. The first kappa shape index (κ1) is 20.3. The van der Waals surface area contributed by atoms with Crippen LogP contribution in [0.3, 0.4) is 0 Å². The SMILES string of the molecule is CCOc1ncccc1-c1cc(NCc2cnc(C)s2)c2c(C(C)C)nn(C)c2n1. The Bertz CT molecular complexity index is 1180. The maximum Gasteiger partial charge on any atom is 0.222 e. The minimum atomic E-state index is 0.282. The summed E-state index contributed by atoms with van der Waals surface area (Å²) >= 11 is 1.70. The van der Waals surface area contributed by atoms with Crippen LogP contribution in [0.1, 0.15) is 42.3 Å². The van der Waals surface area contributed by atoms with Crippen LogP contribution in [-0.4, -0.2) is 31.3 Å². The maximum atomic E-state index is 5.75. The Morgan fingerprint density at radius 1 is 1.27 bits per heavy atom. The topological polar surface area (TPSA) is 77.8 Å². The molecule has 30 heavy (non-hydrogen) atoms. The summed E-state index contributed by atoms with van der Waals surface area (Å²) in [6.45, 7) is 9.52. The van der Waals surface area contributed by atoms with Crippen molar-refractivity contribution in [3.8, 4) is 17.1 Å². The lowest BCUT2D eigenvalue weighted by Gasteiger charge is -2.13. The number of nitrogens with zero attached hydrogens (tertiary/aromatic N) is 5. The Labute approximate surface area is 180 Å². The van der Waals surface area contributed by atoms with E-state index in [9.17, 15) is 0 Å². The van der Waals surface area contributed by atoms with Gasteiger partial charge in [0, 0.05) is 30.0 Å². The molecule has 0 amide bonds. The zero-order valence-corrected chi connectivity index (χ0v) is 18.7. The zero-order valence-electron chi connectivity index (χ0n) is 17.9. The van der Waals surface area contributed by atoms with Gasteiger partial charge in [-0.1, -0.05) is 13.8 Å². The van der Waals surface area contributed by atoms with E-state index in [1.165, 1.54) is 4.88 Å². The summed E-state index contributed by atoms with van der Waals surface area (Å²) in [5.74, 6) is 0.868. The van der Waals surface area contributed by atoms with Crippen LogP contribution in [0.5, 0.6) is 5.88 Å². The van der Waals surface area contributed by atoms with Crippen molar-refractivity contribution < 1.29 is 4.74 Å². The number of aryl methyl sites for hydroxylation is 2. The molecule has 0 aliphatic rings. The molecule has 7 nitrogen and oxygen atoms in total. The van der Waals surface area contributed by atoms with Gasteiger partial charge in [0.05, 0.1) is 40.5 Å². The van der Waals surface area contributed by atoms with Gasteiger partial charge in [-0.05, 0) is 38.0 Å². The highest BCUT2D eigenvalue weighted by Gasteiger charge is 2.20. The van der Waals surface area contributed by atoms with E-state index in [1.54, 1.807) is 17.5 Å². The molecule has 4 heterocycles. The lowest BCUT2D eigenvalue weighted by atomic mass is 10.0. The van der Waals surface area contributed by atoms with Crippen molar-refractivity contribution in [3.05, 3.63) is 46.2 Å². The summed E-state index contributed by atoms with van der Waals surface area (Å²) in [7, 11) is 1.94. The van der Waals surface area contributed by atoms with Crippen molar-refractivity contribution in [2.45, 2.75) is 40.2 Å². The number of thiazole rings is 1. The quantitative estimate of drug-likeness (QED) is 0.455. The van der Waals surface area contributed by atoms with Crippen LogP contribution >= 0.6 is 11.3 Å². The smallest absolute Gasteiger partial charge is 0.222 e. The first-order chi connectivity index (χ1) is 14.5. The Kier molecular flexibility index (Phi) is 5.67. The van der Waals surface area contributed by atoms with E-state index < -0.39 is 0 Å². The Morgan fingerprint density at radius 3 is 2.80 bits per heavy atom. The first-order valence-electron chi connectivity index (χ1n) is 10.1. The summed E-state index contributed by atoms with van der Waals surface area (Å²) < 4.78 is 7.60. The molecule has 0 aromatic carbocycles. The molecule has 0 aliphatic heterocycles. The molecule has 0 atom stereocenters. The maximum absolute atomic E-state index is 5.75. The fourth-order valence-electron chi connectivity index (χ4n) is 3.47. The molecular weight excluding hydrogens is 396 g/mol. The van der Waals surface area contributed by atoms with Gasteiger partial charge >= 0.3 is 0 Å². The molecule has 8 heteroatoms. The van der Waals surface area contributed by atoms with Crippen LogP contribution in [0.4, 0.5) is 5.69 Å².